The fourth-order valence-corrected chi connectivity index (χ4v) is 2.92. The third-order valence-electron chi connectivity index (χ3n) is 4.17. The number of hydrogen-bond donors (Lipinski definition) is 1. The summed E-state index contributed by atoms with van der Waals surface area (Å²) in [6.07, 6.45) is 1.16. The van der Waals surface area contributed by atoms with Gasteiger partial charge in [-0.3, -0.25) is 9.79 Å². The van der Waals surface area contributed by atoms with Crippen LogP contribution in [0.3, 0.4) is 0 Å². The molecule has 1 saturated heterocycles. The van der Waals surface area contributed by atoms with E-state index >= 15 is 0 Å². The molecule has 1 aliphatic heterocycles. The van der Waals surface area contributed by atoms with Crippen molar-refractivity contribution < 1.29 is 9.53 Å². The quantitative estimate of drug-likeness (QED) is 0.266. The maximum Gasteiger partial charge on any atom is 0.242 e. The van der Waals surface area contributed by atoms with Crippen LogP contribution < -0.4 is 5.32 Å². The van der Waals surface area contributed by atoms with Gasteiger partial charge in [0.15, 0.2) is 5.96 Å². The number of nitrogens with zero attached hydrogens (tertiary/aromatic N) is 3. The lowest BCUT2D eigenvalue weighted by Crippen LogP contribution is -2.55. The molecule has 1 heterocycles. The van der Waals surface area contributed by atoms with Gasteiger partial charge < -0.3 is 19.9 Å². The van der Waals surface area contributed by atoms with E-state index in [1.165, 1.54) is 0 Å². The van der Waals surface area contributed by atoms with Gasteiger partial charge in [-0.05, 0) is 38.0 Å². The minimum Gasteiger partial charge on any atom is -0.379 e. The van der Waals surface area contributed by atoms with Gasteiger partial charge in [0.2, 0.25) is 5.91 Å². The highest BCUT2D eigenvalue weighted by Crippen LogP contribution is 2.13. The summed E-state index contributed by atoms with van der Waals surface area (Å²) in [6.45, 7) is 7.95. The Morgan fingerprint density at radius 1 is 1.30 bits per heavy atom. The Hall–Kier alpha value is -1.06. The van der Waals surface area contributed by atoms with Gasteiger partial charge in [0.25, 0.3) is 0 Å². The summed E-state index contributed by atoms with van der Waals surface area (Å²) in [5.41, 5.74) is 1.09. The van der Waals surface area contributed by atoms with Crippen LogP contribution in [-0.2, 0) is 16.1 Å². The van der Waals surface area contributed by atoms with Crippen molar-refractivity contribution in [2.75, 3.05) is 39.8 Å². The number of hydrogen-bond acceptors (Lipinski definition) is 3. The van der Waals surface area contributed by atoms with Crippen molar-refractivity contribution >= 4 is 47.4 Å². The standard InChI is InChI=1S/C19H29ClN4O2.HI/c1-15(2)26-12-4-9-22-19(21-3)24-11-10-23(18(25)14-24)13-16-5-7-17(20)8-6-16;/h5-8,15H,4,9-14H2,1-3H3,(H,21,22);1H. The van der Waals surface area contributed by atoms with E-state index in [-0.39, 0.29) is 36.0 Å². The first-order valence-electron chi connectivity index (χ1n) is 9.09. The average Bonchev–Trinajstić information content (AvgIpc) is 2.61. The number of ether oxygens (including phenoxy) is 1. The molecule has 6 nitrogen and oxygen atoms in total. The molecule has 27 heavy (non-hydrogen) atoms. The van der Waals surface area contributed by atoms with E-state index in [0.29, 0.717) is 24.7 Å². The Morgan fingerprint density at radius 3 is 2.59 bits per heavy atom. The number of piperazine rings is 1. The van der Waals surface area contributed by atoms with E-state index in [9.17, 15) is 4.79 Å². The Kier molecular flexibility index (Phi) is 11.0. The molecule has 1 N–H and O–H groups in total. The van der Waals surface area contributed by atoms with Gasteiger partial charge in [0.05, 0.1) is 12.6 Å². The van der Waals surface area contributed by atoms with E-state index in [1.807, 2.05) is 47.9 Å². The summed E-state index contributed by atoms with van der Waals surface area (Å²) >= 11 is 5.91. The molecule has 1 aromatic rings. The van der Waals surface area contributed by atoms with E-state index in [2.05, 4.69) is 10.3 Å². The topological polar surface area (TPSA) is 57.2 Å². The summed E-state index contributed by atoms with van der Waals surface area (Å²) in [5.74, 6) is 0.881. The summed E-state index contributed by atoms with van der Waals surface area (Å²) in [5, 5.41) is 4.02. The molecule has 152 valence electrons. The third kappa shape index (κ3) is 8.23. The zero-order valence-electron chi connectivity index (χ0n) is 16.3. The summed E-state index contributed by atoms with van der Waals surface area (Å²) in [4.78, 5) is 20.7. The Bertz CT molecular complexity index is 610. The van der Waals surface area contributed by atoms with Crippen LogP contribution >= 0.6 is 35.6 Å². The first-order chi connectivity index (χ1) is 12.5. The molecule has 8 heteroatoms. The molecule has 2 rings (SSSR count). The lowest BCUT2D eigenvalue weighted by Gasteiger charge is -2.36. The molecule has 1 aliphatic rings. The summed E-state index contributed by atoms with van der Waals surface area (Å²) in [6, 6.07) is 7.63. The van der Waals surface area contributed by atoms with Gasteiger partial charge in [-0.1, -0.05) is 23.7 Å². The van der Waals surface area contributed by atoms with Crippen molar-refractivity contribution in [2.45, 2.75) is 32.9 Å². The predicted molar refractivity (Wildman–Crippen MR) is 121 cm³/mol. The van der Waals surface area contributed by atoms with Gasteiger partial charge in [0.1, 0.15) is 0 Å². The monoisotopic (exact) mass is 508 g/mol. The van der Waals surface area contributed by atoms with Gasteiger partial charge in [-0.25, -0.2) is 0 Å². The van der Waals surface area contributed by atoms with E-state index in [0.717, 1.165) is 37.6 Å². The highest BCUT2D eigenvalue weighted by atomic mass is 127. The molecule has 0 aliphatic carbocycles. The van der Waals surface area contributed by atoms with Crippen molar-refractivity contribution in [1.29, 1.82) is 0 Å². The van der Waals surface area contributed by atoms with Crippen LogP contribution in [0.15, 0.2) is 29.3 Å². The molecule has 0 spiro atoms. The number of benzene rings is 1. The van der Waals surface area contributed by atoms with Crippen molar-refractivity contribution in [1.82, 2.24) is 15.1 Å². The third-order valence-corrected chi connectivity index (χ3v) is 4.42. The lowest BCUT2D eigenvalue weighted by molar-refractivity contribution is -0.135. The van der Waals surface area contributed by atoms with E-state index < -0.39 is 0 Å². The molecular weight excluding hydrogens is 479 g/mol. The van der Waals surface area contributed by atoms with Crippen molar-refractivity contribution in [3.05, 3.63) is 34.9 Å². The number of rotatable bonds is 7. The number of aliphatic imine (C=N–C) groups is 1. The fraction of sp³-hybridized carbons (Fsp3) is 0.579. The molecule has 0 unspecified atom stereocenters. The number of guanidine groups is 1. The molecule has 0 aromatic heterocycles. The number of nitrogens with one attached hydrogen (secondary N) is 1. The summed E-state index contributed by atoms with van der Waals surface area (Å²) in [7, 11) is 1.75. The molecule has 0 bridgehead atoms. The number of carbonyl (C=O) groups excluding carboxylic acids is 1. The van der Waals surface area contributed by atoms with Gasteiger partial charge >= 0.3 is 0 Å². The van der Waals surface area contributed by atoms with Gasteiger partial charge in [0, 0.05) is 44.9 Å². The van der Waals surface area contributed by atoms with Crippen LogP contribution in [0.5, 0.6) is 0 Å². The molecule has 0 radical (unpaired) electrons. The first-order valence-corrected chi connectivity index (χ1v) is 9.47. The van der Waals surface area contributed by atoms with Gasteiger partial charge in [-0.15, -0.1) is 24.0 Å². The first kappa shape index (κ1) is 24.0. The molecule has 0 saturated carbocycles. The largest absolute Gasteiger partial charge is 0.379 e. The second kappa shape index (κ2) is 12.4. The fourth-order valence-electron chi connectivity index (χ4n) is 2.79. The minimum absolute atomic E-state index is 0. The van der Waals surface area contributed by atoms with Crippen molar-refractivity contribution in [3.63, 3.8) is 0 Å². The SMILES string of the molecule is CN=C(NCCCOC(C)C)N1CCN(Cc2ccc(Cl)cc2)C(=O)C1.I. The predicted octanol–water partition coefficient (Wildman–Crippen LogP) is 2.99. The van der Waals surface area contributed by atoms with Crippen LogP contribution in [-0.4, -0.2) is 67.6 Å². The maximum absolute atomic E-state index is 12.5. The lowest BCUT2D eigenvalue weighted by atomic mass is 10.2. The van der Waals surface area contributed by atoms with Crippen molar-refractivity contribution in [2.24, 2.45) is 4.99 Å². The van der Waals surface area contributed by atoms with Crippen LogP contribution in [0.2, 0.25) is 5.02 Å². The van der Waals surface area contributed by atoms with Crippen LogP contribution in [0.1, 0.15) is 25.8 Å². The molecule has 0 atom stereocenters. The summed E-state index contributed by atoms with van der Waals surface area (Å²) < 4.78 is 5.54. The number of amides is 1. The van der Waals surface area contributed by atoms with Crippen molar-refractivity contribution in [3.8, 4) is 0 Å². The van der Waals surface area contributed by atoms with Gasteiger partial charge in [-0.2, -0.15) is 0 Å². The molecule has 1 aromatic carbocycles. The van der Waals surface area contributed by atoms with Crippen LogP contribution in [0.25, 0.3) is 0 Å². The Labute approximate surface area is 184 Å². The highest BCUT2D eigenvalue weighted by molar-refractivity contribution is 14.0. The second-order valence-electron chi connectivity index (χ2n) is 6.61. The van der Waals surface area contributed by atoms with Crippen LogP contribution in [0, 0.1) is 0 Å². The minimum atomic E-state index is 0. The zero-order valence-corrected chi connectivity index (χ0v) is 19.4. The molecular formula is C19H30ClIN4O2. The smallest absolute Gasteiger partial charge is 0.242 e. The highest BCUT2D eigenvalue weighted by Gasteiger charge is 2.25. The normalized spacial score (nSPS) is 15.1. The van der Waals surface area contributed by atoms with E-state index in [1.54, 1.807) is 7.05 Å². The van der Waals surface area contributed by atoms with E-state index in [4.69, 9.17) is 16.3 Å². The second-order valence-corrected chi connectivity index (χ2v) is 7.05. The molecule has 1 amide bonds. The number of halogens is 2. The Morgan fingerprint density at radius 2 is 2.00 bits per heavy atom. The zero-order chi connectivity index (χ0) is 18.9. The Balaban J connectivity index is 0.00000364. The average molecular weight is 509 g/mol. The molecule has 1 fully saturated rings. The maximum atomic E-state index is 12.5. The van der Waals surface area contributed by atoms with Crippen LogP contribution in [0.4, 0.5) is 0 Å². The number of carbonyl (C=O) groups is 1.